The van der Waals surface area contributed by atoms with Crippen LogP contribution in [0.25, 0.3) is 0 Å². The molecule has 77 heavy (non-hydrogen) atoms. The number of rotatable bonds is 60. The van der Waals surface area contributed by atoms with Crippen LogP contribution < -0.4 is 5.73 Å². The molecule has 0 aliphatic carbocycles. The van der Waals surface area contributed by atoms with E-state index in [4.69, 9.17) is 24.3 Å². The lowest BCUT2D eigenvalue weighted by Crippen LogP contribution is -2.29. The molecular weight excluding hydrogens is 978 g/mol. The smallest absolute Gasteiger partial charge is 0.462 e. The maximum absolute atomic E-state index is 12.7. The first kappa shape index (κ1) is 74.2. The molecule has 0 aromatic heterocycles. The minimum Gasteiger partial charge on any atom is -0.462 e. The van der Waals surface area contributed by atoms with Crippen LogP contribution in [0, 0.1) is 0 Å². The zero-order valence-electron chi connectivity index (χ0n) is 49.9. The molecule has 0 rings (SSSR count). The minimum absolute atomic E-state index is 0.0515. The van der Waals surface area contributed by atoms with Crippen LogP contribution in [-0.4, -0.2) is 49.3 Å². The second-order valence-corrected chi connectivity index (χ2v) is 22.7. The van der Waals surface area contributed by atoms with Crippen molar-refractivity contribution >= 4 is 19.8 Å². The lowest BCUT2D eigenvalue weighted by molar-refractivity contribution is -0.161. The molecular formula is C67H120NO8P. The predicted octanol–water partition coefficient (Wildman–Crippen LogP) is 20.6. The third-order valence-electron chi connectivity index (χ3n) is 13.8. The molecule has 0 saturated heterocycles. The number of hydrogen-bond donors (Lipinski definition) is 2. The first-order valence-electron chi connectivity index (χ1n) is 32.1. The van der Waals surface area contributed by atoms with Crippen molar-refractivity contribution in [2.24, 2.45) is 5.73 Å². The van der Waals surface area contributed by atoms with E-state index in [2.05, 4.69) is 98.9 Å². The van der Waals surface area contributed by atoms with E-state index in [9.17, 15) is 19.0 Å². The highest BCUT2D eigenvalue weighted by atomic mass is 31.2. The van der Waals surface area contributed by atoms with Crippen molar-refractivity contribution in [3.8, 4) is 0 Å². The number of phosphoric acid groups is 1. The van der Waals surface area contributed by atoms with Gasteiger partial charge in [-0.15, -0.1) is 0 Å². The van der Waals surface area contributed by atoms with E-state index < -0.39 is 26.5 Å². The topological polar surface area (TPSA) is 134 Å². The number of unbranched alkanes of at least 4 members (excludes halogenated alkanes) is 33. The largest absolute Gasteiger partial charge is 0.472 e. The van der Waals surface area contributed by atoms with Gasteiger partial charge in [0.1, 0.15) is 6.61 Å². The molecule has 446 valence electrons. The van der Waals surface area contributed by atoms with Crippen LogP contribution in [0.5, 0.6) is 0 Å². The van der Waals surface area contributed by atoms with Crippen molar-refractivity contribution in [3.05, 3.63) is 85.1 Å². The van der Waals surface area contributed by atoms with Gasteiger partial charge in [0, 0.05) is 19.4 Å². The van der Waals surface area contributed by atoms with Gasteiger partial charge in [0.2, 0.25) is 0 Å². The van der Waals surface area contributed by atoms with Gasteiger partial charge >= 0.3 is 19.8 Å². The molecule has 2 unspecified atom stereocenters. The molecule has 3 N–H and O–H groups in total. The maximum Gasteiger partial charge on any atom is 0.472 e. The highest BCUT2D eigenvalue weighted by Crippen LogP contribution is 2.43. The van der Waals surface area contributed by atoms with Crippen LogP contribution >= 0.6 is 7.82 Å². The Labute approximate surface area is 474 Å². The molecule has 0 fully saturated rings. The Morgan fingerprint density at radius 1 is 0.403 bits per heavy atom. The minimum atomic E-state index is -4.39. The summed E-state index contributed by atoms with van der Waals surface area (Å²) in [5.74, 6) is -0.827. The number of hydrogen-bond acceptors (Lipinski definition) is 8. The molecule has 0 heterocycles. The SMILES string of the molecule is CC/C=C\C/C=C\C/C=C\C/C=C\C/C=C\CCCCCCCCCCCCCCCCCCCCCCCCCC(=O)OC(COC(=O)CCCCCCCCC/C=C\C/C=C\CCCCC)COP(=O)(O)OCCN. The molecule has 0 aromatic rings. The number of phosphoric ester groups is 1. The average molecular weight is 1100 g/mol. The molecule has 10 heteroatoms. The summed E-state index contributed by atoms with van der Waals surface area (Å²) in [5, 5.41) is 0. The molecule has 0 aromatic carbocycles. The normalized spacial score (nSPS) is 13.6. The Hall–Kier alpha value is -2.81. The summed E-state index contributed by atoms with van der Waals surface area (Å²) < 4.78 is 33.1. The number of allylic oxidation sites excluding steroid dienone is 14. The monoisotopic (exact) mass is 1100 g/mol. The molecule has 0 spiro atoms. The summed E-state index contributed by atoms with van der Waals surface area (Å²) in [5.41, 5.74) is 5.39. The van der Waals surface area contributed by atoms with Gasteiger partial charge in [-0.3, -0.25) is 18.6 Å². The summed E-state index contributed by atoms with van der Waals surface area (Å²) in [6.07, 6.45) is 82.4. The van der Waals surface area contributed by atoms with E-state index in [-0.39, 0.29) is 38.6 Å². The summed E-state index contributed by atoms with van der Waals surface area (Å²) in [6.45, 7) is 3.62. The number of nitrogens with two attached hydrogens (primary N) is 1. The van der Waals surface area contributed by atoms with Crippen LogP contribution in [0.3, 0.4) is 0 Å². The van der Waals surface area contributed by atoms with Crippen molar-refractivity contribution in [2.45, 2.75) is 302 Å². The van der Waals surface area contributed by atoms with Crippen LogP contribution in [0.15, 0.2) is 85.1 Å². The Kier molecular flexibility index (Phi) is 60.1. The molecule has 9 nitrogen and oxygen atoms in total. The van der Waals surface area contributed by atoms with Gasteiger partial charge in [-0.25, -0.2) is 4.57 Å². The fraction of sp³-hybridized carbons (Fsp3) is 0.761. The summed E-state index contributed by atoms with van der Waals surface area (Å²) in [6, 6.07) is 0. The van der Waals surface area contributed by atoms with Gasteiger partial charge in [-0.05, 0) is 89.9 Å². The Balaban J connectivity index is 3.81. The van der Waals surface area contributed by atoms with Crippen molar-refractivity contribution in [1.29, 1.82) is 0 Å². The molecule has 2 atom stereocenters. The van der Waals surface area contributed by atoms with Gasteiger partial charge in [0.25, 0.3) is 0 Å². The van der Waals surface area contributed by atoms with E-state index in [0.717, 1.165) is 83.5 Å². The number of carbonyl (C=O) groups is 2. The lowest BCUT2D eigenvalue weighted by atomic mass is 10.0. The second kappa shape index (κ2) is 62.4. The molecule has 0 aliphatic rings. The van der Waals surface area contributed by atoms with E-state index >= 15 is 0 Å². The Morgan fingerprint density at radius 3 is 1.06 bits per heavy atom. The summed E-state index contributed by atoms with van der Waals surface area (Å²) >= 11 is 0. The number of ether oxygens (including phenoxy) is 2. The van der Waals surface area contributed by atoms with Crippen molar-refractivity contribution in [2.75, 3.05) is 26.4 Å². The standard InChI is InChI=1S/C67H120NO8P/c1-3-5-7-9-11-13-15-17-19-21-22-23-24-25-26-27-28-29-30-31-32-33-34-35-36-37-38-39-40-41-42-44-46-48-50-52-54-56-58-60-67(70)76-65(64-75-77(71,72)74-62-61-68)63-73-66(69)59-57-55-53-51-49-47-45-43-20-18-16-14-12-10-8-6-4-2/h5,7,11-14,17-20,22-23,25-26,65H,3-4,6,8-10,15-16,21,24,27-64,68H2,1-2H3,(H,71,72)/b7-5-,13-11-,14-12-,19-17-,20-18-,23-22-,26-25-. The molecule has 0 radical (unpaired) electrons. The van der Waals surface area contributed by atoms with Gasteiger partial charge < -0.3 is 20.1 Å². The van der Waals surface area contributed by atoms with E-state index in [0.29, 0.717) is 6.42 Å². The zero-order chi connectivity index (χ0) is 55.9. The molecule has 0 aliphatic heterocycles. The lowest BCUT2D eigenvalue weighted by Gasteiger charge is -2.19. The third-order valence-corrected chi connectivity index (χ3v) is 14.7. The summed E-state index contributed by atoms with van der Waals surface area (Å²) in [4.78, 5) is 35.2. The zero-order valence-corrected chi connectivity index (χ0v) is 50.8. The summed E-state index contributed by atoms with van der Waals surface area (Å²) in [7, 11) is -4.39. The number of carbonyl (C=O) groups excluding carboxylic acids is 2. The Morgan fingerprint density at radius 2 is 0.714 bits per heavy atom. The fourth-order valence-electron chi connectivity index (χ4n) is 9.05. The van der Waals surface area contributed by atoms with Crippen LogP contribution in [0.2, 0.25) is 0 Å². The van der Waals surface area contributed by atoms with E-state index in [1.54, 1.807) is 0 Å². The van der Waals surface area contributed by atoms with Crippen LogP contribution in [-0.2, 0) is 32.7 Å². The highest BCUT2D eigenvalue weighted by molar-refractivity contribution is 7.47. The van der Waals surface area contributed by atoms with E-state index in [1.165, 1.54) is 180 Å². The quantitative estimate of drug-likeness (QED) is 0.0264. The average Bonchev–Trinajstić information content (AvgIpc) is 3.42. The molecule has 0 saturated carbocycles. The van der Waals surface area contributed by atoms with Gasteiger partial charge in [-0.2, -0.15) is 0 Å². The maximum atomic E-state index is 12.7. The van der Waals surface area contributed by atoms with Crippen molar-refractivity contribution in [1.82, 2.24) is 0 Å². The van der Waals surface area contributed by atoms with E-state index in [1.807, 2.05) is 0 Å². The third kappa shape index (κ3) is 62.3. The highest BCUT2D eigenvalue weighted by Gasteiger charge is 2.26. The van der Waals surface area contributed by atoms with Crippen LogP contribution in [0.1, 0.15) is 296 Å². The Bertz CT molecular complexity index is 1530. The second-order valence-electron chi connectivity index (χ2n) is 21.2. The van der Waals surface area contributed by atoms with Gasteiger partial charge in [0.05, 0.1) is 13.2 Å². The predicted molar refractivity (Wildman–Crippen MR) is 330 cm³/mol. The fourth-order valence-corrected chi connectivity index (χ4v) is 9.81. The van der Waals surface area contributed by atoms with Crippen molar-refractivity contribution in [3.63, 3.8) is 0 Å². The molecule has 0 bridgehead atoms. The van der Waals surface area contributed by atoms with Crippen molar-refractivity contribution < 1.29 is 37.6 Å². The number of esters is 2. The van der Waals surface area contributed by atoms with Gasteiger partial charge in [-0.1, -0.05) is 279 Å². The van der Waals surface area contributed by atoms with Gasteiger partial charge in [0.15, 0.2) is 6.10 Å². The van der Waals surface area contributed by atoms with Crippen LogP contribution in [0.4, 0.5) is 0 Å². The molecule has 0 amide bonds. The first-order valence-corrected chi connectivity index (χ1v) is 33.6. The first-order chi connectivity index (χ1) is 37.8.